The Morgan fingerprint density at radius 3 is 2.52 bits per heavy atom. The lowest BCUT2D eigenvalue weighted by molar-refractivity contribution is -0.330. The molecule has 0 bridgehead atoms. The molecule has 0 aliphatic heterocycles. The van der Waals surface area contributed by atoms with Gasteiger partial charge in [-0.2, -0.15) is 0 Å². The molecule has 27 heavy (non-hydrogen) atoms. The van der Waals surface area contributed by atoms with Gasteiger partial charge < -0.3 is 9.84 Å². The number of ether oxygens (including phenoxy) is 2. The molecule has 0 aliphatic carbocycles. The fourth-order valence-corrected chi connectivity index (χ4v) is 3.58. The first-order chi connectivity index (χ1) is 12.5. The van der Waals surface area contributed by atoms with E-state index in [2.05, 4.69) is 14.9 Å². The van der Waals surface area contributed by atoms with Gasteiger partial charge in [0.25, 0.3) is 0 Å². The Balaban J connectivity index is 1.94. The average Bonchev–Trinajstić information content (AvgIpc) is 3.00. The molecule has 1 heterocycles. The van der Waals surface area contributed by atoms with Crippen LogP contribution in [0.4, 0.5) is 13.2 Å². The van der Waals surface area contributed by atoms with Gasteiger partial charge in [-0.25, -0.2) is 4.79 Å². The molecule has 1 aromatic carbocycles. The van der Waals surface area contributed by atoms with Crippen molar-refractivity contribution < 1.29 is 32.5 Å². The molecule has 1 N–H and O–H groups in total. The third-order valence-corrected chi connectivity index (χ3v) is 5.34. The van der Waals surface area contributed by atoms with Crippen LogP contribution in [-0.2, 0) is 21.9 Å². The summed E-state index contributed by atoms with van der Waals surface area (Å²) in [5, 5.41) is 17.4. The fraction of sp³-hybridized carbons (Fsp3) is 0.438. The second-order valence-electron chi connectivity index (χ2n) is 5.96. The Kier molecular flexibility index (Phi) is 6.71. The minimum atomic E-state index is -4.70. The van der Waals surface area contributed by atoms with Gasteiger partial charge in [-0.15, -0.1) is 35.1 Å². The first-order valence-electron chi connectivity index (χ1n) is 7.64. The van der Waals surface area contributed by atoms with E-state index in [0.29, 0.717) is 16.5 Å². The summed E-state index contributed by atoms with van der Waals surface area (Å²) in [6, 6.07) is 5.30. The summed E-state index contributed by atoms with van der Waals surface area (Å²) < 4.78 is 45.3. The first kappa shape index (κ1) is 21.5. The first-order valence-corrected chi connectivity index (χ1v) is 9.44. The van der Waals surface area contributed by atoms with E-state index >= 15 is 0 Å². The Labute approximate surface area is 161 Å². The van der Waals surface area contributed by atoms with E-state index in [-0.39, 0.29) is 5.01 Å². The van der Waals surface area contributed by atoms with Crippen molar-refractivity contribution in [1.29, 1.82) is 0 Å². The van der Waals surface area contributed by atoms with Gasteiger partial charge >= 0.3 is 12.3 Å². The van der Waals surface area contributed by atoms with Crippen LogP contribution >= 0.6 is 23.1 Å². The largest absolute Gasteiger partial charge is 0.522 e. The van der Waals surface area contributed by atoms with Crippen LogP contribution in [0.2, 0.25) is 0 Å². The number of nitrogens with zero attached hydrogens (tertiary/aromatic N) is 2. The lowest BCUT2D eigenvalue weighted by Gasteiger charge is -2.22. The van der Waals surface area contributed by atoms with Crippen molar-refractivity contribution >= 4 is 29.1 Å². The highest BCUT2D eigenvalue weighted by molar-refractivity contribution is 7.98. The molecule has 148 valence electrons. The lowest BCUT2D eigenvalue weighted by atomic mass is 10.1. The second kappa shape index (κ2) is 8.44. The average molecular weight is 422 g/mol. The van der Waals surface area contributed by atoms with E-state index in [1.54, 1.807) is 19.1 Å². The SMILES string of the molecule is Cc1cc(SCc2nnc(COC(F)(F)F)s2)ccc1OC(C)(C)C(=O)O. The maximum atomic E-state index is 12.0. The number of aliphatic carboxylic acids is 1. The maximum Gasteiger partial charge on any atom is 0.522 e. The Bertz CT molecular complexity index is 809. The monoisotopic (exact) mass is 422 g/mol. The number of benzene rings is 1. The molecule has 0 saturated carbocycles. The van der Waals surface area contributed by atoms with Crippen LogP contribution in [0, 0.1) is 6.92 Å². The number of alkyl halides is 3. The van der Waals surface area contributed by atoms with Gasteiger partial charge in [0.05, 0.1) is 5.75 Å². The van der Waals surface area contributed by atoms with Crippen molar-refractivity contribution in [3.63, 3.8) is 0 Å². The minimum Gasteiger partial charge on any atom is -0.478 e. The summed E-state index contributed by atoms with van der Waals surface area (Å²) in [7, 11) is 0. The number of hydrogen-bond donors (Lipinski definition) is 1. The zero-order chi connectivity index (χ0) is 20.2. The van der Waals surface area contributed by atoms with Gasteiger partial charge in [0.1, 0.15) is 22.4 Å². The topological polar surface area (TPSA) is 81.5 Å². The number of aryl methyl sites for hydroxylation is 1. The van der Waals surface area contributed by atoms with Gasteiger partial charge in [-0.05, 0) is 44.5 Å². The Hall–Kier alpha value is -1.85. The second-order valence-corrected chi connectivity index (χ2v) is 8.15. The molecule has 0 radical (unpaired) electrons. The normalized spacial score (nSPS) is 12.2. The summed E-state index contributed by atoms with van der Waals surface area (Å²) in [5.41, 5.74) is -0.577. The Morgan fingerprint density at radius 2 is 1.93 bits per heavy atom. The third kappa shape index (κ3) is 6.67. The van der Waals surface area contributed by atoms with Crippen LogP contribution in [0.5, 0.6) is 5.75 Å². The molecule has 0 aliphatic rings. The van der Waals surface area contributed by atoms with Gasteiger partial charge in [-0.3, -0.25) is 4.74 Å². The quantitative estimate of drug-likeness (QED) is 0.631. The maximum absolute atomic E-state index is 12.0. The van der Waals surface area contributed by atoms with Crippen molar-refractivity contribution in [3.05, 3.63) is 33.8 Å². The molecule has 2 aromatic rings. The highest BCUT2D eigenvalue weighted by atomic mass is 32.2. The molecule has 0 atom stereocenters. The van der Waals surface area contributed by atoms with Crippen molar-refractivity contribution in [1.82, 2.24) is 10.2 Å². The fourth-order valence-electron chi connectivity index (χ4n) is 1.84. The van der Waals surface area contributed by atoms with Crippen molar-refractivity contribution in [2.45, 2.75) is 50.0 Å². The molecule has 0 amide bonds. The summed E-state index contributed by atoms with van der Waals surface area (Å²) in [6.45, 7) is 4.07. The molecular formula is C16H17F3N2O4S2. The number of thioether (sulfide) groups is 1. The predicted molar refractivity (Wildman–Crippen MR) is 93.8 cm³/mol. The summed E-state index contributed by atoms with van der Waals surface area (Å²) in [6.07, 6.45) is -4.70. The van der Waals surface area contributed by atoms with Crippen LogP contribution in [0.3, 0.4) is 0 Å². The molecule has 6 nitrogen and oxygen atoms in total. The van der Waals surface area contributed by atoms with Crippen molar-refractivity contribution in [2.75, 3.05) is 0 Å². The molecule has 0 saturated heterocycles. The molecular weight excluding hydrogens is 405 g/mol. The number of aromatic nitrogens is 2. The summed E-state index contributed by atoms with van der Waals surface area (Å²) >= 11 is 2.48. The van der Waals surface area contributed by atoms with Crippen LogP contribution < -0.4 is 4.74 Å². The van der Waals surface area contributed by atoms with Crippen LogP contribution in [-0.4, -0.2) is 33.2 Å². The number of hydrogen-bond acceptors (Lipinski definition) is 7. The molecule has 0 spiro atoms. The van der Waals surface area contributed by atoms with E-state index in [0.717, 1.165) is 21.8 Å². The van der Waals surface area contributed by atoms with Gasteiger partial charge in [-0.1, -0.05) is 11.3 Å². The number of rotatable bonds is 8. The number of carbonyl (C=O) groups is 1. The van der Waals surface area contributed by atoms with Crippen molar-refractivity contribution in [3.8, 4) is 5.75 Å². The minimum absolute atomic E-state index is 0.152. The standard InChI is InChI=1S/C16H17F3N2O4S2/c1-9-6-10(4-5-11(9)25-15(2,3)14(22)23)26-8-13-21-20-12(27-13)7-24-16(17,18)19/h4-6H,7-8H2,1-3H3,(H,22,23). The smallest absolute Gasteiger partial charge is 0.478 e. The van der Waals surface area contributed by atoms with Gasteiger partial charge in [0.15, 0.2) is 5.60 Å². The van der Waals surface area contributed by atoms with E-state index in [4.69, 9.17) is 9.84 Å². The number of carboxylic acid groups (broad SMARTS) is 1. The molecule has 0 fully saturated rings. The molecule has 0 unspecified atom stereocenters. The molecule has 2 rings (SSSR count). The van der Waals surface area contributed by atoms with Crippen LogP contribution in [0.15, 0.2) is 23.1 Å². The number of carboxylic acids is 1. The zero-order valence-electron chi connectivity index (χ0n) is 14.7. The number of halogens is 3. The molecule has 1 aromatic heterocycles. The zero-order valence-corrected chi connectivity index (χ0v) is 16.3. The highest BCUT2D eigenvalue weighted by Gasteiger charge is 2.30. The third-order valence-electron chi connectivity index (χ3n) is 3.26. The Morgan fingerprint density at radius 1 is 1.26 bits per heavy atom. The van der Waals surface area contributed by atoms with Crippen LogP contribution in [0.1, 0.15) is 29.4 Å². The molecule has 11 heteroatoms. The van der Waals surface area contributed by atoms with E-state index in [1.165, 1.54) is 25.6 Å². The van der Waals surface area contributed by atoms with E-state index < -0.39 is 24.5 Å². The van der Waals surface area contributed by atoms with E-state index in [1.807, 2.05) is 6.07 Å². The lowest BCUT2D eigenvalue weighted by Crippen LogP contribution is -2.38. The summed E-state index contributed by atoms with van der Waals surface area (Å²) in [4.78, 5) is 12.0. The van der Waals surface area contributed by atoms with Gasteiger partial charge in [0.2, 0.25) is 0 Å². The van der Waals surface area contributed by atoms with E-state index in [9.17, 15) is 18.0 Å². The van der Waals surface area contributed by atoms with Crippen LogP contribution in [0.25, 0.3) is 0 Å². The summed E-state index contributed by atoms with van der Waals surface area (Å²) in [5.74, 6) is -0.166. The van der Waals surface area contributed by atoms with Gasteiger partial charge in [0, 0.05) is 4.90 Å². The predicted octanol–water partition coefficient (Wildman–Crippen LogP) is 4.42. The highest BCUT2D eigenvalue weighted by Crippen LogP contribution is 2.31. The van der Waals surface area contributed by atoms with Crippen molar-refractivity contribution in [2.24, 2.45) is 0 Å².